The van der Waals surface area contributed by atoms with Crippen molar-refractivity contribution in [1.82, 2.24) is 4.98 Å². The number of benzene rings is 2. The molecule has 0 aliphatic carbocycles. The molecule has 140 valence electrons. The molecule has 3 rings (SSSR count). The van der Waals surface area contributed by atoms with Crippen LogP contribution in [0.4, 0.5) is 5.69 Å². The van der Waals surface area contributed by atoms with Gasteiger partial charge in [0.25, 0.3) is 5.91 Å². The van der Waals surface area contributed by atoms with Gasteiger partial charge in [-0.05, 0) is 68.3 Å². The van der Waals surface area contributed by atoms with Gasteiger partial charge in [0.1, 0.15) is 0 Å². The van der Waals surface area contributed by atoms with E-state index in [0.29, 0.717) is 27.5 Å². The number of aromatic nitrogens is 1. The highest BCUT2D eigenvalue weighted by Gasteiger charge is 2.17. The number of fused-ring (bicyclic) bond motifs is 1. The SMILES string of the molecule is Cc1cc(S(N)(=O)=O)cc(NC(=O)c2cc3cc(Cl)ccc3nc2C)c1C. The van der Waals surface area contributed by atoms with E-state index < -0.39 is 15.9 Å². The van der Waals surface area contributed by atoms with Gasteiger partial charge in [-0.1, -0.05) is 11.6 Å². The maximum atomic E-state index is 12.8. The number of carbonyl (C=O) groups excluding carboxylic acids is 1. The highest BCUT2D eigenvalue weighted by Crippen LogP contribution is 2.25. The van der Waals surface area contributed by atoms with Crippen LogP contribution in [0.5, 0.6) is 0 Å². The molecule has 1 heterocycles. The zero-order valence-corrected chi connectivity index (χ0v) is 16.6. The summed E-state index contributed by atoms with van der Waals surface area (Å²) in [5.74, 6) is -0.393. The number of hydrogen-bond donors (Lipinski definition) is 2. The molecule has 3 N–H and O–H groups in total. The first-order chi connectivity index (χ1) is 12.6. The first-order valence-corrected chi connectivity index (χ1v) is 10.0. The molecule has 1 amide bonds. The number of nitrogens with zero attached hydrogens (tertiary/aromatic N) is 1. The van der Waals surface area contributed by atoms with Crippen molar-refractivity contribution >= 4 is 44.1 Å². The number of nitrogens with one attached hydrogen (secondary N) is 1. The summed E-state index contributed by atoms with van der Waals surface area (Å²) < 4.78 is 23.4. The Morgan fingerprint density at radius 2 is 1.81 bits per heavy atom. The van der Waals surface area contributed by atoms with Crippen LogP contribution in [0.25, 0.3) is 10.9 Å². The molecule has 0 fully saturated rings. The molecule has 27 heavy (non-hydrogen) atoms. The van der Waals surface area contributed by atoms with Crippen LogP contribution in [0.2, 0.25) is 5.02 Å². The fraction of sp³-hybridized carbons (Fsp3) is 0.158. The summed E-state index contributed by atoms with van der Waals surface area (Å²) >= 11 is 6.02. The average Bonchev–Trinajstić information content (AvgIpc) is 2.57. The van der Waals surface area contributed by atoms with Crippen LogP contribution in [-0.4, -0.2) is 19.3 Å². The van der Waals surface area contributed by atoms with Gasteiger partial charge in [0.05, 0.1) is 21.7 Å². The van der Waals surface area contributed by atoms with Crippen molar-refractivity contribution in [2.75, 3.05) is 5.32 Å². The lowest BCUT2D eigenvalue weighted by atomic mass is 10.1. The van der Waals surface area contributed by atoms with Gasteiger partial charge in [-0.2, -0.15) is 0 Å². The van der Waals surface area contributed by atoms with E-state index >= 15 is 0 Å². The van der Waals surface area contributed by atoms with Crippen molar-refractivity contribution in [2.45, 2.75) is 25.7 Å². The van der Waals surface area contributed by atoms with Gasteiger partial charge in [-0.15, -0.1) is 0 Å². The number of anilines is 1. The fourth-order valence-corrected chi connectivity index (χ4v) is 3.59. The van der Waals surface area contributed by atoms with Gasteiger partial charge in [0, 0.05) is 16.1 Å². The second kappa shape index (κ2) is 6.92. The lowest BCUT2D eigenvalue weighted by molar-refractivity contribution is 0.102. The first-order valence-electron chi connectivity index (χ1n) is 8.08. The Hall–Kier alpha value is -2.48. The number of amides is 1. The lowest BCUT2D eigenvalue weighted by Crippen LogP contribution is -2.17. The molecule has 0 saturated heterocycles. The van der Waals surface area contributed by atoms with E-state index in [0.717, 1.165) is 16.5 Å². The maximum Gasteiger partial charge on any atom is 0.257 e. The van der Waals surface area contributed by atoms with Crippen molar-refractivity contribution in [1.29, 1.82) is 0 Å². The van der Waals surface area contributed by atoms with Crippen LogP contribution in [0.3, 0.4) is 0 Å². The number of aryl methyl sites for hydroxylation is 2. The van der Waals surface area contributed by atoms with Crippen molar-refractivity contribution in [3.8, 4) is 0 Å². The molecule has 0 aliphatic rings. The van der Waals surface area contributed by atoms with E-state index in [4.69, 9.17) is 16.7 Å². The zero-order valence-electron chi connectivity index (χ0n) is 15.0. The van der Waals surface area contributed by atoms with Gasteiger partial charge in [0.2, 0.25) is 10.0 Å². The number of rotatable bonds is 3. The van der Waals surface area contributed by atoms with Crippen molar-refractivity contribution in [3.63, 3.8) is 0 Å². The van der Waals surface area contributed by atoms with E-state index in [2.05, 4.69) is 10.3 Å². The minimum Gasteiger partial charge on any atom is -0.322 e. The van der Waals surface area contributed by atoms with E-state index in [9.17, 15) is 13.2 Å². The van der Waals surface area contributed by atoms with Gasteiger partial charge >= 0.3 is 0 Å². The van der Waals surface area contributed by atoms with Crippen LogP contribution in [0, 0.1) is 20.8 Å². The van der Waals surface area contributed by atoms with Crippen LogP contribution in [0.1, 0.15) is 27.2 Å². The molecular formula is C19H18ClN3O3S. The molecular weight excluding hydrogens is 386 g/mol. The number of pyridine rings is 1. The Morgan fingerprint density at radius 1 is 1.11 bits per heavy atom. The van der Waals surface area contributed by atoms with Gasteiger partial charge in [-0.25, -0.2) is 13.6 Å². The quantitative estimate of drug-likeness (QED) is 0.695. The molecule has 0 atom stereocenters. The molecule has 8 heteroatoms. The third-order valence-corrected chi connectivity index (χ3v) is 5.56. The molecule has 0 unspecified atom stereocenters. The lowest BCUT2D eigenvalue weighted by Gasteiger charge is -2.14. The van der Waals surface area contributed by atoms with E-state index in [1.165, 1.54) is 12.1 Å². The molecule has 2 aromatic carbocycles. The van der Waals surface area contributed by atoms with E-state index in [1.54, 1.807) is 45.0 Å². The summed E-state index contributed by atoms with van der Waals surface area (Å²) in [6.45, 7) is 5.29. The number of sulfonamides is 1. The summed E-state index contributed by atoms with van der Waals surface area (Å²) in [6, 6.07) is 9.81. The fourth-order valence-electron chi connectivity index (χ4n) is 2.78. The number of halogens is 1. The Balaban J connectivity index is 2.04. The summed E-state index contributed by atoms with van der Waals surface area (Å²) in [4.78, 5) is 17.2. The highest BCUT2D eigenvalue weighted by atomic mass is 35.5. The maximum absolute atomic E-state index is 12.8. The number of carbonyl (C=O) groups is 1. The third kappa shape index (κ3) is 3.95. The van der Waals surface area contributed by atoms with Crippen LogP contribution >= 0.6 is 11.6 Å². The minimum atomic E-state index is -3.89. The molecule has 1 aromatic heterocycles. The molecule has 0 bridgehead atoms. The largest absolute Gasteiger partial charge is 0.322 e. The summed E-state index contributed by atoms with van der Waals surface area (Å²) in [5, 5.41) is 9.28. The molecule has 0 aliphatic heterocycles. The monoisotopic (exact) mass is 403 g/mol. The van der Waals surface area contributed by atoms with Gasteiger partial charge < -0.3 is 5.32 Å². The molecule has 3 aromatic rings. The van der Waals surface area contributed by atoms with Crippen molar-refractivity contribution < 1.29 is 13.2 Å². The molecule has 0 radical (unpaired) electrons. The zero-order chi connectivity index (χ0) is 19.9. The van der Waals surface area contributed by atoms with Gasteiger partial charge in [0.15, 0.2) is 0 Å². The molecule has 0 spiro atoms. The Morgan fingerprint density at radius 3 is 2.48 bits per heavy atom. The Kier molecular flexibility index (Phi) is 4.94. The average molecular weight is 404 g/mol. The second-order valence-electron chi connectivity index (χ2n) is 6.37. The number of hydrogen-bond acceptors (Lipinski definition) is 4. The highest BCUT2D eigenvalue weighted by molar-refractivity contribution is 7.89. The Bertz CT molecular complexity index is 1190. The summed E-state index contributed by atoms with van der Waals surface area (Å²) in [5.41, 5.74) is 3.51. The van der Waals surface area contributed by atoms with Crippen molar-refractivity contribution in [3.05, 3.63) is 63.8 Å². The molecule has 0 saturated carbocycles. The smallest absolute Gasteiger partial charge is 0.257 e. The van der Waals surface area contributed by atoms with E-state index in [1.807, 2.05) is 0 Å². The van der Waals surface area contributed by atoms with Crippen LogP contribution < -0.4 is 10.5 Å². The topological polar surface area (TPSA) is 102 Å². The summed E-state index contributed by atoms with van der Waals surface area (Å²) in [7, 11) is -3.89. The predicted molar refractivity (Wildman–Crippen MR) is 107 cm³/mol. The standard InChI is InChI=1S/C19H18ClN3O3S/c1-10-6-15(27(21,25)26)9-18(11(10)2)23-19(24)16-8-13-7-14(20)4-5-17(13)22-12(16)3/h4-9H,1-3H3,(H,23,24)(H2,21,25,26). The van der Waals surface area contributed by atoms with E-state index in [-0.39, 0.29) is 4.90 Å². The number of nitrogens with two attached hydrogens (primary N) is 1. The van der Waals surface area contributed by atoms with Crippen LogP contribution in [-0.2, 0) is 10.0 Å². The first kappa shape index (κ1) is 19.3. The molecule has 6 nitrogen and oxygen atoms in total. The summed E-state index contributed by atoms with van der Waals surface area (Å²) in [6.07, 6.45) is 0. The van der Waals surface area contributed by atoms with Gasteiger partial charge in [-0.3, -0.25) is 9.78 Å². The number of primary sulfonamides is 1. The third-order valence-electron chi connectivity index (χ3n) is 4.43. The predicted octanol–water partition coefficient (Wildman–Crippen LogP) is 3.71. The normalized spacial score (nSPS) is 11.6. The van der Waals surface area contributed by atoms with Crippen LogP contribution in [0.15, 0.2) is 41.3 Å². The second-order valence-corrected chi connectivity index (χ2v) is 8.37. The van der Waals surface area contributed by atoms with Crippen molar-refractivity contribution in [2.24, 2.45) is 5.14 Å². The minimum absolute atomic E-state index is 0.0546. The Labute approximate surface area is 162 Å².